The van der Waals surface area contributed by atoms with Crippen molar-refractivity contribution in [1.82, 2.24) is 20.0 Å². The van der Waals surface area contributed by atoms with Gasteiger partial charge >= 0.3 is 5.97 Å². The van der Waals surface area contributed by atoms with Crippen molar-refractivity contribution in [2.24, 2.45) is 23.7 Å². The lowest BCUT2D eigenvalue weighted by atomic mass is 9.88. The summed E-state index contributed by atoms with van der Waals surface area (Å²) in [5.41, 5.74) is 1.93. The number of benzene rings is 2. The predicted molar refractivity (Wildman–Crippen MR) is 290 cm³/mol. The second-order valence-corrected chi connectivity index (χ2v) is 23.2. The zero-order valence-corrected chi connectivity index (χ0v) is 44.9. The lowest BCUT2D eigenvalue weighted by Gasteiger charge is -2.34. The van der Waals surface area contributed by atoms with Crippen molar-refractivity contribution in [3.8, 4) is 11.5 Å². The molecule has 2 aromatic rings. The number of aliphatic carboxylic acids is 1. The molecular weight excluding hydrogens is 917 g/mol. The smallest absolute Gasteiger partial charge is 0.306 e. The third-order valence-corrected chi connectivity index (χ3v) is 17.3. The van der Waals surface area contributed by atoms with E-state index in [1.807, 2.05) is 46.2 Å². The molecule has 404 valence electrons. The number of hydrogen-bond acceptors (Lipinski definition) is 9. The lowest BCUT2D eigenvalue weighted by Crippen LogP contribution is -2.46. The fraction of sp³-hybridized carbons (Fsp3) is 0.733. The topological polar surface area (TPSA) is 135 Å². The van der Waals surface area contributed by atoms with E-state index < -0.39 is 5.97 Å². The Bertz CT molecular complexity index is 2020. The molecule has 4 aliphatic carbocycles. The van der Waals surface area contributed by atoms with Gasteiger partial charge in [0.2, 0.25) is 17.7 Å². The van der Waals surface area contributed by atoms with Gasteiger partial charge in [-0.25, -0.2) is 0 Å². The highest BCUT2D eigenvalue weighted by molar-refractivity contribution is 5.97. The summed E-state index contributed by atoms with van der Waals surface area (Å²) in [6.07, 6.45) is 27.5. The van der Waals surface area contributed by atoms with Gasteiger partial charge in [-0.2, -0.15) is 0 Å². The van der Waals surface area contributed by atoms with Gasteiger partial charge in [0.25, 0.3) is 0 Å². The second kappa shape index (κ2) is 28.1. The standard InChI is InChI=1S/C30H45N3O3.C26H41N3O2.C4H6O2/c1-23-7-5-18-31(23)19-6-20-36-28-15-12-26(13-16-28)33-27(14-17-29(33)34)22-32(30(35)25-10-11-25)21-24-8-3-2-4-9-24;1-21-7-5-16-28(21)17-6-18-31-25-13-10-23(11-14-25)29-24(12-15-26(29)30)20-27-19-22-8-3-2-4-9-22;5-4(6)3-1-2-3/h12-13,15-16,23-25,27H,2-11,14,17-22H2,1H3;10-11,13-14,21-22,24,27H,2-9,12,15-20H2,1H3;3H,1-2H2,(H,5,6)/t23?,27-;21?,24-;/m00./s1. The van der Waals surface area contributed by atoms with Gasteiger partial charge in [0.15, 0.2) is 0 Å². The first-order chi connectivity index (χ1) is 35.6. The number of ether oxygens (including phenoxy) is 2. The monoisotopic (exact) mass is 1010 g/mol. The van der Waals surface area contributed by atoms with Crippen LogP contribution < -0.4 is 24.6 Å². The van der Waals surface area contributed by atoms with Crippen LogP contribution in [0.5, 0.6) is 11.5 Å². The Hall–Kier alpha value is -4.20. The van der Waals surface area contributed by atoms with E-state index in [4.69, 9.17) is 14.6 Å². The number of carboxylic acids is 1. The van der Waals surface area contributed by atoms with Crippen LogP contribution in [0.3, 0.4) is 0 Å². The van der Waals surface area contributed by atoms with Gasteiger partial charge in [0, 0.05) is 81.0 Å². The maximum Gasteiger partial charge on any atom is 0.306 e. The Kier molecular flexibility index (Phi) is 21.2. The van der Waals surface area contributed by atoms with E-state index in [0.717, 1.165) is 126 Å². The first-order valence-electron chi connectivity index (χ1n) is 29.4. The summed E-state index contributed by atoms with van der Waals surface area (Å²) in [4.78, 5) is 59.6. The van der Waals surface area contributed by atoms with Gasteiger partial charge in [0.1, 0.15) is 11.5 Å². The molecule has 13 heteroatoms. The molecule has 2 unspecified atom stereocenters. The van der Waals surface area contributed by atoms with Gasteiger partial charge in [0.05, 0.1) is 25.2 Å². The van der Waals surface area contributed by atoms with E-state index >= 15 is 0 Å². The number of anilines is 2. The number of likely N-dealkylation sites (tertiary alicyclic amines) is 2. The first-order valence-corrected chi connectivity index (χ1v) is 29.4. The van der Waals surface area contributed by atoms with E-state index in [-0.39, 0.29) is 35.7 Å². The van der Waals surface area contributed by atoms with Crippen molar-refractivity contribution in [3.05, 3.63) is 48.5 Å². The zero-order valence-electron chi connectivity index (χ0n) is 44.9. The Morgan fingerprint density at radius 2 is 1.04 bits per heavy atom. The van der Waals surface area contributed by atoms with Crippen molar-refractivity contribution in [2.75, 3.05) is 75.4 Å². The average Bonchev–Trinajstić information content (AvgIpc) is 4.30. The summed E-state index contributed by atoms with van der Waals surface area (Å²) < 4.78 is 12.0. The second-order valence-electron chi connectivity index (χ2n) is 23.2. The maximum absolute atomic E-state index is 13.2. The Balaban J connectivity index is 0.000000176. The van der Waals surface area contributed by atoms with Gasteiger partial charge in [-0.3, -0.25) is 19.2 Å². The van der Waals surface area contributed by atoms with Crippen molar-refractivity contribution in [3.63, 3.8) is 0 Å². The normalized spacial score (nSPS) is 25.1. The Morgan fingerprint density at radius 1 is 0.562 bits per heavy atom. The van der Waals surface area contributed by atoms with Gasteiger partial charge in [-0.05, 0) is 197 Å². The molecule has 4 saturated heterocycles. The van der Waals surface area contributed by atoms with Crippen LogP contribution in [0.15, 0.2) is 48.5 Å². The van der Waals surface area contributed by atoms with Crippen LogP contribution in [0.2, 0.25) is 0 Å². The summed E-state index contributed by atoms with van der Waals surface area (Å²) in [6.45, 7) is 14.3. The molecule has 8 fully saturated rings. The van der Waals surface area contributed by atoms with Gasteiger partial charge in [-0.1, -0.05) is 38.5 Å². The molecule has 0 bridgehead atoms. The molecule has 0 radical (unpaired) electrons. The molecule has 0 aromatic heterocycles. The summed E-state index contributed by atoms with van der Waals surface area (Å²) in [6, 6.07) is 17.9. The van der Waals surface area contributed by atoms with E-state index in [2.05, 4.69) is 46.0 Å². The predicted octanol–water partition coefficient (Wildman–Crippen LogP) is 10.3. The molecule has 3 amide bonds. The van der Waals surface area contributed by atoms with Crippen LogP contribution >= 0.6 is 0 Å². The molecule has 2 N–H and O–H groups in total. The van der Waals surface area contributed by atoms with Crippen LogP contribution in [-0.2, 0) is 19.2 Å². The van der Waals surface area contributed by atoms with Crippen molar-refractivity contribution >= 4 is 35.1 Å². The molecule has 13 nitrogen and oxygen atoms in total. The molecule has 10 rings (SSSR count). The highest BCUT2D eigenvalue weighted by Gasteiger charge is 2.39. The number of carbonyl (C=O) groups is 4. The number of rotatable bonds is 22. The summed E-state index contributed by atoms with van der Waals surface area (Å²) in [5.74, 6) is 3.57. The number of carbonyl (C=O) groups excluding carboxylic acids is 3. The number of amides is 3. The van der Waals surface area contributed by atoms with E-state index in [9.17, 15) is 19.2 Å². The minimum Gasteiger partial charge on any atom is -0.494 e. The molecule has 4 atom stereocenters. The molecule has 4 heterocycles. The summed E-state index contributed by atoms with van der Waals surface area (Å²) >= 11 is 0. The first kappa shape index (κ1) is 55.0. The van der Waals surface area contributed by atoms with Gasteiger partial charge in [-0.15, -0.1) is 0 Å². The Morgan fingerprint density at radius 3 is 1.49 bits per heavy atom. The minimum atomic E-state index is -0.630. The quantitative estimate of drug-likeness (QED) is 0.110. The van der Waals surface area contributed by atoms with E-state index in [0.29, 0.717) is 43.9 Å². The zero-order chi connectivity index (χ0) is 50.9. The van der Waals surface area contributed by atoms with Crippen LogP contribution in [0, 0.1) is 23.7 Å². The fourth-order valence-electron chi connectivity index (χ4n) is 12.5. The van der Waals surface area contributed by atoms with Crippen LogP contribution in [-0.4, -0.2) is 133 Å². The lowest BCUT2D eigenvalue weighted by molar-refractivity contribution is -0.138. The minimum absolute atomic E-state index is 0.0185. The largest absolute Gasteiger partial charge is 0.494 e. The van der Waals surface area contributed by atoms with E-state index in [1.165, 1.54) is 103 Å². The third-order valence-electron chi connectivity index (χ3n) is 17.3. The average molecular weight is 1010 g/mol. The SMILES string of the molecule is CC1CCCN1CCCOc1ccc(N2C(=O)CC[C@H]2CN(CC2CCCCC2)C(=O)C2CC2)cc1.CC1CCCN1CCCOc1ccc(N2C(=O)CC[C@H]2CNCC2CCCCC2)cc1.O=C(O)C1CC1. The number of nitrogens with one attached hydrogen (secondary N) is 1. The number of hydrogen-bond donors (Lipinski definition) is 2. The summed E-state index contributed by atoms with van der Waals surface area (Å²) in [7, 11) is 0. The molecule has 4 saturated carbocycles. The third kappa shape index (κ3) is 16.9. The molecule has 8 aliphatic rings. The molecule has 2 aromatic carbocycles. The molecule has 73 heavy (non-hydrogen) atoms. The summed E-state index contributed by atoms with van der Waals surface area (Å²) in [5, 5.41) is 11.7. The maximum atomic E-state index is 13.2. The number of nitrogens with zero attached hydrogens (tertiary/aromatic N) is 5. The highest BCUT2D eigenvalue weighted by atomic mass is 16.5. The van der Waals surface area contributed by atoms with Crippen LogP contribution in [0.1, 0.15) is 168 Å². The van der Waals surface area contributed by atoms with Crippen molar-refractivity contribution in [1.29, 1.82) is 0 Å². The highest BCUT2D eigenvalue weighted by Crippen LogP contribution is 2.36. The van der Waals surface area contributed by atoms with Crippen molar-refractivity contribution < 1.29 is 33.8 Å². The van der Waals surface area contributed by atoms with Crippen LogP contribution in [0.4, 0.5) is 11.4 Å². The Labute approximate surface area is 438 Å². The molecular formula is C60H92N6O7. The molecule has 4 aliphatic heterocycles. The van der Waals surface area contributed by atoms with Gasteiger partial charge < -0.3 is 44.4 Å². The van der Waals surface area contributed by atoms with E-state index in [1.54, 1.807) is 0 Å². The molecule has 0 spiro atoms. The van der Waals surface area contributed by atoms with Crippen molar-refractivity contribution in [2.45, 2.75) is 192 Å². The number of carboxylic acid groups (broad SMARTS) is 1. The fourth-order valence-corrected chi connectivity index (χ4v) is 12.5. The van der Waals surface area contributed by atoms with Crippen LogP contribution in [0.25, 0.3) is 0 Å².